The summed E-state index contributed by atoms with van der Waals surface area (Å²) in [7, 11) is 0. The maximum Gasteiger partial charge on any atom is 0.232 e. The molecular weight excluding hydrogens is 364 g/mol. The number of nitrogens with zero attached hydrogens (tertiary/aromatic N) is 1. The molecule has 2 fully saturated rings. The van der Waals surface area contributed by atoms with Crippen LogP contribution in [0.2, 0.25) is 0 Å². The van der Waals surface area contributed by atoms with E-state index in [4.69, 9.17) is 0 Å². The molecule has 1 aromatic rings. The van der Waals surface area contributed by atoms with Crippen LogP contribution in [0.15, 0.2) is 29.2 Å². The molecule has 3 nitrogen and oxygen atoms in total. The van der Waals surface area contributed by atoms with Crippen molar-refractivity contribution in [2.45, 2.75) is 62.8 Å². The zero-order valence-electron chi connectivity index (χ0n) is 16.3. The first-order valence-corrected chi connectivity index (χ1v) is 10.6. The minimum Gasteiger partial charge on any atom is -0.342 e. The lowest BCUT2D eigenvalue weighted by atomic mass is 9.87. The van der Waals surface area contributed by atoms with E-state index in [2.05, 4.69) is 50.4 Å². The molecule has 3 rings (SSSR count). The first-order valence-electron chi connectivity index (χ1n) is 9.66. The first-order chi connectivity index (χ1) is 11.9. The molecule has 0 bridgehead atoms. The fraction of sp³-hybridized carbons (Fsp3) is 0.667. The molecule has 1 heterocycles. The molecule has 0 atom stereocenters. The minimum atomic E-state index is 0. The summed E-state index contributed by atoms with van der Waals surface area (Å²) in [5.74, 6) is 1.76. The summed E-state index contributed by atoms with van der Waals surface area (Å²) in [4.78, 5) is 15.7. The Morgan fingerprint density at radius 3 is 2.27 bits per heavy atom. The van der Waals surface area contributed by atoms with Gasteiger partial charge in [0.15, 0.2) is 0 Å². The largest absolute Gasteiger partial charge is 0.342 e. The van der Waals surface area contributed by atoms with Gasteiger partial charge < -0.3 is 10.2 Å². The van der Waals surface area contributed by atoms with Crippen molar-refractivity contribution in [3.8, 4) is 0 Å². The van der Waals surface area contributed by atoms with Crippen molar-refractivity contribution in [2.24, 2.45) is 5.92 Å². The number of rotatable bonds is 6. The average Bonchev–Trinajstić information content (AvgIpc) is 3.42. The lowest BCUT2D eigenvalue weighted by Crippen LogP contribution is -2.45. The topological polar surface area (TPSA) is 32.3 Å². The van der Waals surface area contributed by atoms with Gasteiger partial charge in [0.25, 0.3) is 0 Å². The number of amides is 1. The molecule has 146 valence electrons. The summed E-state index contributed by atoms with van der Waals surface area (Å²) < 4.78 is 0. The fourth-order valence-electron chi connectivity index (χ4n) is 3.28. The smallest absolute Gasteiger partial charge is 0.232 e. The second kappa shape index (κ2) is 9.48. The van der Waals surface area contributed by atoms with E-state index >= 15 is 0 Å². The maximum atomic E-state index is 12.5. The number of thioether (sulfide) groups is 1. The van der Waals surface area contributed by atoms with Gasteiger partial charge in [-0.15, -0.1) is 24.2 Å². The van der Waals surface area contributed by atoms with Crippen molar-refractivity contribution >= 4 is 30.1 Å². The first kappa shape index (κ1) is 21.6. The third-order valence-electron chi connectivity index (χ3n) is 5.32. The number of hydrogen-bond acceptors (Lipinski definition) is 3. The Bertz CT molecular complexity index is 573. The van der Waals surface area contributed by atoms with Crippen molar-refractivity contribution in [3.05, 3.63) is 29.8 Å². The molecule has 0 unspecified atom stereocenters. The molecule has 26 heavy (non-hydrogen) atoms. The van der Waals surface area contributed by atoms with Gasteiger partial charge in [0.1, 0.15) is 0 Å². The van der Waals surface area contributed by atoms with E-state index in [1.165, 1.54) is 29.8 Å². The molecule has 5 heteroatoms. The fourth-order valence-corrected chi connectivity index (χ4v) is 4.08. The summed E-state index contributed by atoms with van der Waals surface area (Å²) in [6.07, 6.45) is 5.00. The number of nitrogens with one attached hydrogen (secondary N) is 1. The van der Waals surface area contributed by atoms with Crippen LogP contribution in [0, 0.1) is 5.92 Å². The van der Waals surface area contributed by atoms with E-state index in [0.717, 1.165) is 31.8 Å². The molecular formula is C21H33ClN2OS. The van der Waals surface area contributed by atoms with E-state index in [-0.39, 0.29) is 23.7 Å². The molecule has 0 aromatic heterocycles. The van der Waals surface area contributed by atoms with Gasteiger partial charge in [-0.25, -0.2) is 0 Å². The van der Waals surface area contributed by atoms with Crippen LogP contribution in [0.25, 0.3) is 0 Å². The van der Waals surface area contributed by atoms with Crippen LogP contribution < -0.4 is 5.32 Å². The normalized spacial score (nSPS) is 18.5. The average molecular weight is 397 g/mol. The van der Waals surface area contributed by atoms with Gasteiger partial charge in [-0.1, -0.05) is 32.9 Å². The monoisotopic (exact) mass is 396 g/mol. The van der Waals surface area contributed by atoms with Gasteiger partial charge in [0.05, 0.1) is 5.75 Å². The highest BCUT2D eigenvalue weighted by atomic mass is 35.5. The number of carbonyl (C=O) groups is 1. The van der Waals surface area contributed by atoms with Crippen LogP contribution in [-0.2, 0) is 10.2 Å². The Morgan fingerprint density at radius 1 is 1.12 bits per heavy atom. The second-order valence-electron chi connectivity index (χ2n) is 8.57. The Balaban J connectivity index is 0.00000243. The second-order valence-corrected chi connectivity index (χ2v) is 9.62. The Hall–Kier alpha value is -0.710. The lowest BCUT2D eigenvalue weighted by molar-refractivity contribution is -0.129. The van der Waals surface area contributed by atoms with Crippen LogP contribution in [0.3, 0.4) is 0 Å². The molecule has 1 aromatic carbocycles. The third-order valence-corrected chi connectivity index (χ3v) is 6.32. The number of benzene rings is 1. The summed E-state index contributed by atoms with van der Waals surface area (Å²) in [6, 6.07) is 9.27. The van der Waals surface area contributed by atoms with Gasteiger partial charge in [-0.3, -0.25) is 4.79 Å². The van der Waals surface area contributed by atoms with Crippen LogP contribution in [-0.4, -0.2) is 42.2 Å². The van der Waals surface area contributed by atoms with Crippen molar-refractivity contribution in [2.75, 3.05) is 25.4 Å². The van der Waals surface area contributed by atoms with Gasteiger partial charge in [-0.05, 0) is 61.3 Å². The molecule has 0 spiro atoms. The number of likely N-dealkylation sites (tertiary alicyclic amines) is 1. The van der Waals surface area contributed by atoms with Crippen molar-refractivity contribution in [3.63, 3.8) is 0 Å². The molecule has 2 aliphatic rings. The molecule has 1 N–H and O–H groups in total. The van der Waals surface area contributed by atoms with Crippen LogP contribution in [0.1, 0.15) is 52.0 Å². The zero-order valence-corrected chi connectivity index (χ0v) is 17.9. The van der Waals surface area contributed by atoms with E-state index in [1.807, 2.05) is 4.90 Å². The van der Waals surface area contributed by atoms with Crippen molar-refractivity contribution in [1.82, 2.24) is 10.2 Å². The van der Waals surface area contributed by atoms with E-state index in [1.54, 1.807) is 11.8 Å². The molecule has 0 radical (unpaired) electrons. The van der Waals surface area contributed by atoms with Crippen molar-refractivity contribution < 1.29 is 4.79 Å². The number of hydrogen-bond donors (Lipinski definition) is 1. The Kier molecular flexibility index (Phi) is 7.87. The quantitative estimate of drug-likeness (QED) is 0.719. The third kappa shape index (κ3) is 6.47. The van der Waals surface area contributed by atoms with Crippen molar-refractivity contribution in [1.29, 1.82) is 0 Å². The Labute approximate surface area is 169 Å². The van der Waals surface area contributed by atoms with E-state index < -0.39 is 0 Å². The predicted molar refractivity (Wildman–Crippen MR) is 113 cm³/mol. The summed E-state index contributed by atoms with van der Waals surface area (Å²) in [6.45, 7) is 9.67. The van der Waals surface area contributed by atoms with E-state index in [0.29, 0.717) is 11.8 Å². The molecule has 1 aliphatic carbocycles. The molecule has 1 saturated heterocycles. The number of piperidine rings is 1. The van der Waals surface area contributed by atoms with Crippen LogP contribution in [0.5, 0.6) is 0 Å². The Morgan fingerprint density at radius 2 is 1.73 bits per heavy atom. The number of halogens is 1. The zero-order chi connectivity index (χ0) is 17.9. The van der Waals surface area contributed by atoms with Gasteiger partial charge in [0, 0.05) is 24.0 Å². The summed E-state index contributed by atoms with van der Waals surface area (Å²) >= 11 is 1.66. The van der Waals surface area contributed by atoms with Gasteiger partial charge in [0.2, 0.25) is 5.91 Å². The van der Waals surface area contributed by atoms with Gasteiger partial charge in [-0.2, -0.15) is 0 Å². The summed E-state index contributed by atoms with van der Waals surface area (Å²) in [5.41, 5.74) is 1.51. The van der Waals surface area contributed by atoms with Crippen LogP contribution in [0.4, 0.5) is 0 Å². The summed E-state index contributed by atoms with van der Waals surface area (Å²) in [5, 5.41) is 3.68. The molecule has 1 amide bonds. The lowest BCUT2D eigenvalue weighted by Gasteiger charge is -2.32. The highest BCUT2D eigenvalue weighted by Crippen LogP contribution is 2.28. The molecule has 1 saturated carbocycles. The van der Waals surface area contributed by atoms with E-state index in [9.17, 15) is 4.79 Å². The molecule has 1 aliphatic heterocycles. The van der Waals surface area contributed by atoms with Crippen LogP contribution >= 0.6 is 24.2 Å². The van der Waals surface area contributed by atoms with Gasteiger partial charge >= 0.3 is 0 Å². The predicted octanol–water partition coefficient (Wildman–Crippen LogP) is 4.49. The standard InChI is InChI=1S/C21H32N2OS.ClH/c1-21(2,3)17-6-8-19(9-7-17)25-15-20(24)23-12-10-18(11-13-23)22-14-16-4-5-16;/h6-9,16,18,22H,4-5,10-15H2,1-3H3;1H. The maximum absolute atomic E-state index is 12.5. The highest BCUT2D eigenvalue weighted by Gasteiger charge is 2.25. The minimum absolute atomic E-state index is 0. The highest BCUT2D eigenvalue weighted by molar-refractivity contribution is 8.00. The number of carbonyl (C=O) groups excluding carboxylic acids is 1. The SMILES string of the molecule is CC(C)(C)c1ccc(SCC(=O)N2CCC(NCC3CC3)CC2)cc1.Cl.